The zero-order valence-corrected chi connectivity index (χ0v) is 9.80. The van der Waals surface area contributed by atoms with Gasteiger partial charge in [0.1, 0.15) is 6.04 Å². The predicted molar refractivity (Wildman–Crippen MR) is 64.8 cm³/mol. The zero-order chi connectivity index (χ0) is 12.3. The van der Waals surface area contributed by atoms with E-state index in [1.807, 2.05) is 22.9 Å². The molecule has 7 heteroatoms. The molecule has 0 unspecified atom stereocenters. The summed E-state index contributed by atoms with van der Waals surface area (Å²) in [6.07, 6.45) is 5.42. The van der Waals surface area contributed by atoms with E-state index in [4.69, 9.17) is 10.8 Å². The predicted octanol–water partition coefficient (Wildman–Crippen LogP) is 0.374. The molecule has 0 radical (unpaired) electrons. The van der Waals surface area contributed by atoms with Gasteiger partial charge in [-0.2, -0.15) is 11.8 Å². The van der Waals surface area contributed by atoms with Crippen LogP contribution in [0.25, 0.3) is 5.78 Å². The molecule has 0 amide bonds. The minimum absolute atomic E-state index is 0.372. The molecule has 0 fully saturated rings. The first-order valence-electron chi connectivity index (χ1n) is 5.01. The van der Waals surface area contributed by atoms with Gasteiger partial charge >= 0.3 is 5.97 Å². The van der Waals surface area contributed by atoms with Gasteiger partial charge in [-0.3, -0.25) is 9.20 Å². The monoisotopic (exact) mass is 252 g/mol. The quantitative estimate of drug-likeness (QED) is 0.798. The number of nitrogens with zero attached hydrogens (tertiary/aromatic N) is 3. The number of thioether (sulfide) groups is 1. The van der Waals surface area contributed by atoms with E-state index in [1.165, 1.54) is 11.8 Å². The zero-order valence-electron chi connectivity index (χ0n) is 8.98. The van der Waals surface area contributed by atoms with Crippen LogP contribution in [0.1, 0.15) is 5.69 Å². The normalized spacial score (nSPS) is 12.8. The number of carbonyl (C=O) groups is 1. The number of hydrogen-bond donors (Lipinski definition) is 2. The molecule has 0 aliphatic carbocycles. The third-order valence-electron chi connectivity index (χ3n) is 2.15. The van der Waals surface area contributed by atoms with E-state index >= 15 is 0 Å². The highest BCUT2D eigenvalue weighted by atomic mass is 32.2. The smallest absolute Gasteiger partial charge is 0.321 e. The molecule has 0 aliphatic rings. The van der Waals surface area contributed by atoms with Crippen molar-refractivity contribution in [2.24, 2.45) is 5.73 Å². The summed E-state index contributed by atoms with van der Waals surface area (Å²) in [7, 11) is 0. The van der Waals surface area contributed by atoms with Crippen molar-refractivity contribution in [3.63, 3.8) is 0 Å². The topological polar surface area (TPSA) is 93.5 Å². The third kappa shape index (κ3) is 2.95. The number of aromatic nitrogens is 3. The molecule has 0 saturated heterocycles. The van der Waals surface area contributed by atoms with Gasteiger partial charge in [-0.1, -0.05) is 0 Å². The first-order chi connectivity index (χ1) is 8.16. The number of rotatable bonds is 5. The minimum atomic E-state index is -0.978. The second-order valence-electron chi connectivity index (χ2n) is 3.52. The van der Waals surface area contributed by atoms with Crippen LogP contribution >= 0.6 is 11.8 Å². The molecule has 3 N–H and O–H groups in total. The van der Waals surface area contributed by atoms with Crippen molar-refractivity contribution < 1.29 is 9.90 Å². The Bertz CT molecular complexity index is 495. The Kier molecular flexibility index (Phi) is 3.60. The van der Waals surface area contributed by atoms with E-state index in [2.05, 4.69) is 9.97 Å². The molecule has 2 aromatic rings. The van der Waals surface area contributed by atoms with Crippen LogP contribution in [0.15, 0.2) is 24.7 Å². The third-order valence-corrected chi connectivity index (χ3v) is 3.24. The molecule has 90 valence electrons. The van der Waals surface area contributed by atoms with Gasteiger partial charge in [0.25, 0.3) is 0 Å². The number of fused-ring (bicyclic) bond motifs is 1. The summed E-state index contributed by atoms with van der Waals surface area (Å²) < 4.78 is 1.83. The van der Waals surface area contributed by atoms with Gasteiger partial charge in [-0.15, -0.1) is 0 Å². The standard InChI is InChI=1S/C10H12N4O2S/c11-8(9(15)16)6-17-5-7-4-14-3-1-2-12-10(14)13-7/h1-4,8H,5-6,11H2,(H,15,16)/t8-/m0/s1. The van der Waals surface area contributed by atoms with Crippen LogP contribution in [-0.2, 0) is 10.5 Å². The van der Waals surface area contributed by atoms with Crippen molar-refractivity contribution in [2.45, 2.75) is 11.8 Å². The second-order valence-corrected chi connectivity index (χ2v) is 4.55. The average Bonchev–Trinajstić information content (AvgIpc) is 2.71. The number of hydrogen-bond acceptors (Lipinski definition) is 5. The Hall–Kier alpha value is -1.60. The summed E-state index contributed by atoms with van der Waals surface area (Å²) in [5.41, 5.74) is 6.26. The summed E-state index contributed by atoms with van der Waals surface area (Å²) in [6.45, 7) is 0. The molecule has 2 aromatic heterocycles. The average molecular weight is 252 g/mol. The lowest BCUT2D eigenvalue weighted by atomic mass is 10.4. The summed E-state index contributed by atoms with van der Waals surface area (Å²) in [4.78, 5) is 18.9. The highest BCUT2D eigenvalue weighted by Gasteiger charge is 2.11. The number of nitrogens with two attached hydrogens (primary N) is 1. The molecular weight excluding hydrogens is 240 g/mol. The van der Waals surface area contributed by atoms with Crippen molar-refractivity contribution in [1.82, 2.24) is 14.4 Å². The van der Waals surface area contributed by atoms with Crippen LogP contribution in [0.5, 0.6) is 0 Å². The lowest BCUT2D eigenvalue weighted by Gasteiger charge is -2.03. The van der Waals surface area contributed by atoms with Crippen molar-refractivity contribution in [2.75, 3.05) is 5.75 Å². The summed E-state index contributed by atoms with van der Waals surface area (Å²) in [6, 6.07) is 1.00. The van der Waals surface area contributed by atoms with E-state index in [1.54, 1.807) is 6.20 Å². The largest absolute Gasteiger partial charge is 0.480 e. The first kappa shape index (κ1) is 11.9. The highest BCUT2D eigenvalue weighted by Crippen LogP contribution is 2.12. The van der Waals surface area contributed by atoms with E-state index < -0.39 is 12.0 Å². The Morgan fingerprint density at radius 1 is 1.65 bits per heavy atom. The molecule has 17 heavy (non-hydrogen) atoms. The van der Waals surface area contributed by atoms with Gasteiger partial charge in [0.2, 0.25) is 5.78 Å². The number of imidazole rings is 1. The molecule has 0 aliphatic heterocycles. The van der Waals surface area contributed by atoms with Crippen molar-refractivity contribution in [1.29, 1.82) is 0 Å². The minimum Gasteiger partial charge on any atom is -0.480 e. The van der Waals surface area contributed by atoms with Crippen molar-refractivity contribution >= 4 is 23.5 Å². The fourth-order valence-electron chi connectivity index (χ4n) is 1.31. The molecule has 0 saturated carbocycles. The van der Waals surface area contributed by atoms with Crippen LogP contribution in [-0.4, -0.2) is 37.2 Å². The van der Waals surface area contributed by atoms with Crippen LogP contribution in [0.3, 0.4) is 0 Å². The lowest BCUT2D eigenvalue weighted by Crippen LogP contribution is -2.32. The Morgan fingerprint density at radius 2 is 2.47 bits per heavy atom. The molecule has 6 nitrogen and oxygen atoms in total. The van der Waals surface area contributed by atoms with Crippen LogP contribution in [0, 0.1) is 0 Å². The Morgan fingerprint density at radius 3 is 3.18 bits per heavy atom. The first-order valence-corrected chi connectivity index (χ1v) is 6.17. The Labute approximate surface area is 102 Å². The van der Waals surface area contributed by atoms with Gasteiger partial charge in [0.15, 0.2) is 0 Å². The molecule has 0 spiro atoms. The number of carboxylic acid groups (broad SMARTS) is 1. The van der Waals surface area contributed by atoms with E-state index in [9.17, 15) is 4.79 Å². The molecule has 0 aromatic carbocycles. The molecular formula is C10H12N4O2S. The van der Waals surface area contributed by atoms with Crippen molar-refractivity contribution in [3.8, 4) is 0 Å². The van der Waals surface area contributed by atoms with Gasteiger partial charge in [0, 0.05) is 30.1 Å². The Balaban J connectivity index is 1.93. The number of aliphatic carboxylic acids is 1. The van der Waals surface area contributed by atoms with Crippen LogP contribution in [0.4, 0.5) is 0 Å². The second kappa shape index (κ2) is 5.15. The fourth-order valence-corrected chi connectivity index (χ4v) is 2.17. The SMILES string of the molecule is N[C@@H](CSCc1cn2cccnc2n1)C(=O)O. The summed E-state index contributed by atoms with van der Waals surface area (Å²) >= 11 is 1.45. The molecule has 2 rings (SSSR count). The molecule has 1 atom stereocenters. The highest BCUT2D eigenvalue weighted by molar-refractivity contribution is 7.98. The van der Waals surface area contributed by atoms with Gasteiger partial charge in [-0.05, 0) is 6.07 Å². The summed E-state index contributed by atoms with van der Waals surface area (Å²) in [5.74, 6) is 0.667. The molecule has 0 bridgehead atoms. The van der Waals surface area contributed by atoms with Gasteiger partial charge in [0.05, 0.1) is 5.69 Å². The van der Waals surface area contributed by atoms with Gasteiger partial charge in [-0.25, -0.2) is 9.97 Å². The van der Waals surface area contributed by atoms with Crippen LogP contribution in [0.2, 0.25) is 0 Å². The van der Waals surface area contributed by atoms with E-state index in [0.29, 0.717) is 17.3 Å². The van der Waals surface area contributed by atoms with Crippen LogP contribution < -0.4 is 5.73 Å². The van der Waals surface area contributed by atoms with Gasteiger partial charge < -0.3 is 10.8 Å². The maximum absolute atomic E-state index is 10.5. The van der Waals surface area contributed by atoms with Crippen molar-refractivity contribution in [3.05, 3.63) is 30.4 Å². The number of carboxylic acids is 1. The maximum Gasteiger partial charge on any atom is 0.321 e. The van der Waals surface area contributed by atoms with E-state index in [0.717, 1.165) is 5.69 Å². The fraction of sp³-hybridized carbons (Fsp3) is 0.300. The molecule has 2 heterocycles. The summed E-state index contributed by atoms with van der Waals surface area (Å²) in [5, 5.41) is 8.63. The maximum atomic E-state index is 10.5. The lowest BCUT2D eigenvalue weighted by molar-refractivity contribution is -0.137. The van der Waals surface area contributed by atoms with E-state index in [-0.39, 0.29) is 0 Å².